The first-order chi connectivity index (χ1) is 15.3. The highest BCUT2D eigenvalue weighted by atomic mass is 32.2. The van der Waals surface area contributed by atoms with Crippen molar-refractivity contribution in [2.45, 2.75) is 31.6 Å². The van der Waals surface area contributed by atoms with Crippen molar-refractivity contribution >= 4 is 32.7 Å². The Balaban J connectivity index is 1.49. The Labute approximate surface area is 188 Å². The van der Waals surface area contributed by atoms with Crippen molar-refractivity contribution in [2.24, 2.45) is 7.05 Å². The number of hydrogen-bond acceptors (Lipinski definition) is 5. The van der Waals surface area contributed by atoms with E-state index >= 15 is 0 Å². The molecule has 0 saturated carbocycles. The number of anilines is 1. The van der Waals surface area contributed by atoms with E-state index in [-0.39, 0.29) is 17.2 Å². The van der Waals surface area contributed by atoms with Gasteiger partial charge >= 0.3 is 0 Å². The Kier molecular flexibility index (Phi) is 6.32. The molecule has 8 nitrogen and oxygen atoms in total. The van der Waals surface area contributed by atoms with Crippen LogP contribution in [0.4, 0.5) is 5.69 Å². The summed E-state index contributed by atoms with van der Waals surface area (Å²) in [5.41, 5.74) is 4.35. The molecule has 9 heteroatoms. The fourth-order valence-corrected chi connectivity index (χ4v) is 5.29. The Morgan fingerprint density at radius 3 is 2.62 bits per heavy atom. The fourth-order valence-electron chi connectivity index (χ4n) is 3.86. The van der Waals surface area contributed by atoms with Gasteiger partial charge in [-0.15, -0.1) is 0 Å². The molecule has 32 heavy (non-hydrogen) atoms. The normalized spacial score (nSPS) is 15.2. The zero-order valence-corrected chi connectivity index (χ0v) is 19.4. The molecule has 1 aromatic heterocycles. The quantitative estimate of drug-likeness (QED) is 0.616. The molecule has 2 heterocycles. The van der Waals surface area contributed by atoms with Crippen LogP contribution in [0.3, 0.4) is 0 Å². The van der Waals surface area contributed by atoms with Gasteiger partial charge in [0.25, 0.3) is 0 Å². The number of rotatable bonds is 6. The highest BCUT2D eigenvalue weighted by molar-refractivity contribution is 7.89. The maximum Gasteiger partial charge on any atom is 0.243 e. The number of morpholine rings is 1. The summed E-state index contributed by atoms with van der Waals surface area (Å²) in [4.78, 5) is 17.3. The van der Waals surface area contributed by atoms with Gasteiger partial charge in [-0.2, -0.15) is 4.31 Å². The van der Waals surface area contributed by atoms with Crippen LogP contribution in [0.15, 0.2) is 41.3 Å². The van der Waals surface area contributed by atoms with Crippen LogP contribution in [-0.4, -0.2) is 54.5 Å². The average molecular weight is 457 g/mol. The third-order valence-electron chi connectivity index (χ3n) is 5.80. The Hall–Kier alpha value is -2.75. The molecule has 4 rings (SSSR count). The van der Waals surface area contributed by atoms with Crippen LogP contribution in [0.1, 0.15) is 23.4 Å². The highest BCUT2D eigenvalue weighted by Gasteiger charge is 2.27. The first kappa shape index (κ1) is 22.4. The third kappa shape index (κ3) is 4.55. The van der Waals surface area contributed by atoms with Crippen molar-refractivity contribution in [1.29, 1.82) is 0 Å². The molecule has 0 radical (unpaired) electrons. The van der Waals surface area contributed by atoms with Crippen molar-refractivity contribution < 1.29 is 17.9 Å². The van der Waals surface area contributed by atoms with Crippen molar-refractivity contribution in [3.8, 4) is 0 Å². The molecule has 0 aliphatic carbocycles. The predicted octanol–water partition coefficient (Wildman–Crippen LogP) is 2.78. The summed E-state index contributed by atoms with van der Waals surface area (Å²) in [5, 5.41) is 2.97. The number of sulfonamides is 1. The van der Waals surface area contributed by atoms with Gasteiger partial charge in [-0.3, -0.25) is 4.79 Å². The molecule has 1 saturated heterocycles. The minimum atomic E-state index is -3.59. The molecule has 1 aliphatic rings. The standard InChI is InChI=1S/C23H28N4O4S/c1-16-4-5-17(2)19(14-16)25-23(28)9-8-22-24-20-15-18(6-7-21(20)26(22)3)32(29,30)27-10-12-31-13-11-27/h4-7,14-15H,8-13H2,1-3H3,(H,25,28). The van der Waals surface area contributed by atoms with Crippen molar-refractivity contribution in [3.63, 3.8) is 0 Å². The lowest BCUT2D eigenvalue weighted by Crippen LogP contribution is -2.40. The molecule has 0 unspecified atom stereocenters. The maximum absolute atomic E-state index is 12.9. The lowest BCUT2D eigenvalue weighted by Gasteiger charge is -2.26. The minimum absolute atomic E-state index is 0.0821. The van der Waals surface area contributed by atoms with E-state index in [2.05, 4.69) is 10.3 Å². The Morgan fingerprint density at radius 1 is 1.12 bits per heavy atom. The van der Waals surface area contributed by atoms with E-state index in [1.807, 2.05) is 43.7 Å². The number of nitrogens with one attached hydrogen (secondary N) is 1. The zero-order valence-electron chi connectivity index (χ0n) is 18.6. The lowest BCUT2D eigenvalue weighted by atomic mass is 10.1. The van der Waals surface area contributed by atoms with Crippen LogP contribution in [-0.2, 0) is 33.0 Å². The van der Waals surface area contributed by atoms with Crippen LogP contribution < -0.4 is 5.32 Å². The summed E-state index contributed by atoms with van der Waals surface area (Å²) in [6.07, 6.45) is 0.733. The van der Waals surface area contributed by atoms with Gasteiger partial charge in [0.15, 0.2) is 0 Å². The van der Waals surface area contributed by atoms with E-state index in [4.69, 9.17) is 4.74 Å². The summed E-state index contributed by atoms with van der Waals surface area (Å²) in [6, 6.07) is 11.0. The SMILES string of the molecule is Cc1ccc(C)c(NC(=O)CCc2nc3cc(S(=O)(=O)N4CCOCC4)ccc3n2C)c1. The van der Waals surface area contributed by atoms with Gasteiger partial charge in [0.05, 0.1) is 29.1 Å². The summed E-state index contributed by atoms with van der Waals surface area (Å²) in [5.74, 6) is 0.651. The van der Waals surface area contributed by atoms with Gasteiger partial charge in [0.2, 0.25) is 15.9 Å². The second-order valence-corrected chi connectivity index (χ2v) is 10.1. The monoisotopic (exact) mass is 456 g/mol. The van der Waals surface area contributed by atoms with E-state index in [0.29, 0.717) is 38.2 Å². The van der Waals surface area contributed by atoms with Gasteiger partial charge in [-0.1, -0.05) is 12.1 Å². The Bertz CT molecular complexity index is 1260. The van der Waals surface area contributed by atoms with Gasteiger partial charge in [-0.25, -0.2) is 13.4 Å². The van der Waals surface area contributed by atoms with Gasteiger partial charge in [0, 0.05) is 38.7 Å². The zero-order chi connectivity index (χ0) is 22.9. The number of nitrogens with zero attached hydrogens (tertiary/aromatic N) is 3. The molecule has 2 aromatic carbocycles. The Morgan fingerprint density at radius 2 is 1.88 bits per heavy atom. The predicted molar refractivity (Wildman–Crippen MR) is 123 cm³/mol. The minimum Gasteiger partial charge on any atom is -0.379 e. The molecule has 170 valence electrons. The topological polar surface area (TPSA) is 93.5 Å². The van der Waals surface area contributed by atoms with E-state index in [1.54, 1.807) is 18.2 Å². The van der Waals surface area contributed by atoms with Crippen LogP contribution in [0.25, 0.3) is 11.0 Å². The summed E-state index contributed by atoms with van der Waals surface area (Å²) < 4.78 is 34.5. The number of carbonyl (C=O) groups is 1. The number of amides is 1. The smallest absolute Gasteiger partial charge is 0.243 e. The number of aromatic nitrogens is 2. The molecule has 0 bridgehead atoms. The molecular formula is C23H28N4O4S. The second-order valence-electron chi connectivity index (χ2n) is 8.12. The van der Waals surface area contributed by atoms with Crippen LogP contribution in [0.5, 0.6) is 0 Å². The van der Waals surface area contributed by atoms with E-state index in [9.17, 15) is 13.2 Å². The number of imidazole rings is 1. The van der Waals surface area contributed by atoms with Crippen LogP contribution in [0.2, 0.25) is 0 Å². The molecule has 0 atom stereocenters. The summed E-state index contributed by atoms with van der Waals surface area (Å²) in [7, 11) is -1.71. The first-order valence-corrected chi connectivity index (χ1v) is 12.1. The lowest BCUT2D eigenvalue weighted by molar-refractivity contribution is -0.116. The van der Waals surface area contributed by atoms with Crippen LogP contribution >= 0.6 is 0 Å². The molecule has 0 spiro atoms. The first-order valence-electron chi connectivity index (χ1n) is 10.7. The number of aryl methyl sites for hydroxylation is 4. The van der Waals surface area contributed by atoms with E-state index in [1.165, 1.54) is 4.31 Å². The number of hydrogen-bond donors (Lipinski definition) is 1. The largest absolute Gasteiger partial charge is 0.379 e. The van der Waals surface area contributed by atoms with E-state index < -0.39 is 10.0 Å². The van der Waals surface area contributed by atoms with E-state index in [0.717, 1.165) is 28.2 Å². The number of benzene rings is 2. The van der Waals surface area contributed by atoms with Gasteiger partial charge < -0.3 is 14.6 Å². The number of fused-ring (bicyclic) bond motifs is 1. The number of ether oxygens (including phenoxy) is 1. The van der Waals surface area contributed by atoms with Gasteiger partial charge in [-0.05, 0) is 49.2 Å². The molecule has 1 amide bonds. The highest BCUT2D eigenvalue weighted by Crippen LogP contribution is 2.24. The fraction of sp³-hybridized carbons (Fsp3) is 0.391. The third-order valence-corrected chi connectivity index (χ3v) is 7.69. The van der Waals surface area contributed by atoms with Gasteiger partial charge in [0.1, 0.15) is 5.82 Å². The number of carbonyl (C=O) groups excluding carboxylic acids is 1. The summed E-state index contributed by atoms with van der Waals surface area (Å²) in [6.45, 7) is 5.45. The molecule has 3 aromatic rings. The average Bonchev–Trinajstić information content (AvgIpc) is 3.10. The van der Waals surface area contributed by atoms with Crippen molar-refractivity contribution in [2.75, 3.05) is 31.6 Å². The maximum atomic E-state index is 12.9. The van der Waals surface area contributed by atoms with Crippen molar-refractivity contribution in [3.05, 3.63) is 53.3 Å². The molecular weight excluding hydrogens is 428 g/mol. The molecule has 1 N–H and O–H groups in total. The second kappa shape index (κ2) is 9.01. The summed E-state index contributed by atoms with van der Waals surface area (Å²) >= 11 is 0. The molecule has 1 aliphatic heterocycles. The molecule has 1 fully saturated rings. The van der Waals surface area contributed by atoms with Crippen molar-refractivity contribution in [1.82, 2.24) is 13.9 Å². The van der Waals surface area contributed by atoms with Crippen LogP contribution in [0, 0.1) is 13.8 Å².